The molecule has 21 heavy (non-hydrogen) atoms. The maximum atomic E-state index is 12.0. The average molecular weight is 289 g/mol. The van der Waals surface area contributed by atoms with E-state index in [1.807, 2.05) is 0 Å². The Kier molecular flexibility index (Phi) is 4.60. The Morgan fingerprint density at radius 1 is 1.43 bits per heavy atom. The number of hydrogen-bond acceptors (Lipinski definition) is 5. The maximum Gasteiger partial charge on any atom is 0.270 e. The van der Waals surface area contributed by atoms with E-state index in [1.165, 1.54) is 18.5 Å². The van der Waals surface area contributed by atoms with Gasteiger partial charge >= 0.3 is 0 Å². The molecule has 0 spiro atoms. The summed E-state index contributed by atoms with van der Waals surface area (Å²) in [5.74, 6) is 0.440. The third-order valence-electron chi connectivity index (χ3n) is 2.88. The van der Waals surface area contributed by atoms with Crippen molar-refractivity contribution >= 4 is 11.6 Å². The molecular formula is C13H15N5O3. The Bertz CT molecular complexity index is 639. The molecule has 0 unspecified atom stereocenters. The number of carbonyl (C=O) groups is 1. The molecule has 0 saturated heterocycles. The van der Waals surface area contributed by atoms with Crippen LogP contribution in [0.1, 0.15) is 28.2 Å². The summed E-state index contributed by atoms with van der Waals surface area (Å²) in [4.78, 5) is 26.2. The van der Waals surface area contributed by atoms with Gasteiger partial charge in [0.2, 0.25) is 0 Å². The fraction of sp³-hybridized carbons (Fsp3) is 0.308. The van der Waals surface area contributed by atoms with Crippen LogP contribution in [-0.2, 0) is 6.42 Å². The maximum absolute atomic E-state index is 12.0. The topological polar surface area (TPSA) is 114 Å². The molecule has 8 heteroatoms. The first-order valence-corrected chi connectivity index (χ1v) is 6.45. The average Bonchev–Trinajstić information content (AvgIpc) is 2.95. The van der Waals surface area contributed by atoms with E-state index in [2.05, 4.69) is 20.5 Å². The van der Waals surface area contributed by atoms with Gasteiger partial charge < -0.3 is 5.32 Å². The molecule has 2 aromatic rings. The molecular weight excluding hydrogens is 274 g/mol. The summed E-state index contributed by atoms with van der Waals surface area (Å²) < 4.78 is 0. The van der Waals surface area contributed by atoms with Crippen molar-refractivity contribution in [3.63, 3.8) is 0 Å². The number of amides is 1. The lowest BCUT2D eigenvalue weighted by Gasteiger charge is -2.05. The van der Waals surface area contributed by atoms with Crippen molar-refractivity contribution in [2.75, 3.05) is 6.54 Å². The van der Waals surface area contributed by atoms with Gasteiger partial charge in [-0.05, 0) is 25.0 Å². The molecule has 2 N–H and O–H groups in total. The summed E-state index contributed by atoms with van der Waals surface area (Å²) in [6.07, 6.45) is 2.81. The van der Waals surface area contributed by atoms with E-state index < -0.39 is 4.92 Å². The second-order valence-corrected chi connectivity index (χ2v) is 4.61. The highest BCUT2D eigenvalue weighted by atomic mass is 16.6. The minimum Gasteiger partial charge on any atom is -0.352 e. The number of benzene rings is 1. The first-order valence-electron chi connectivity index (χ1n) is 6.45. The molecule has 0 aliphatic heterocycles. The lowest BCUT2D eigenvalue weighted by molar-refractivity contribution is -0.384. The van der Waals surface area contributed by atoms with Crippen molar-refractivity contribution in [1.82, 2.24) is 20.5 Å². The van der Waals surface area contributed by atoms with Crippen LogP contribution < -0.4 is 5.32 Å². The number of H-pyrrole nitrogens is 1. The molecule has 0 aliphatic carbocycles. The number of nitro benzene ring substituents is 1. The molecule has 110 valence electrons. The van der Waals surface area contributed by atoms with Crippen LogP contribution in [0.3, 0.4) is 0 Å². The van der Waals surface area contributed by atoms with Crippen molar-refractivity contribution in [3.05, 3.63) is 51.6 Å². The van der Waals surface area contributed by atoms with E-state index in [1.54, 1.807) is 13.0 Å². The Morgan fingerprint density at radius 3 is 2.90 bits per heavy atom. The lowest BCUT2D eigenvalue weighted by Crippen LogP contribution is -2.25. The molecule has 1 aromatic heterocycles. The van der Waals surface area contributed by atoms with Crippen molar-refractivity contribution in [2.45, 2.75) is 19.8 Å². The predicted octanol–water partition coefficient (Wildman–Crippen LogP) is 1.38. The van der Waals surface area contributed by atoms with Crippen LogP contribution >= 0.6 is 0 Å². The zero-order valence-corrected chi connectivity index (χ0v) is 11.5. The van der Waals surface area contributed by atoms with Crippen LogP contribution in [0.25, 0.3) is 0 Å². The number of rotatable bonds is 6. The van der Waals surface area contributed by atoms with E-state index in [0.717, 1.165) is 5.82 Å². The van der Waals surface area contributed by atoms with Gasteiger partial charge in [0.05, 0.1) is 4.92 Å². The SMILES string of the molecule is Cc1cc(C(=O)NCCCc2ncn[nH]2)cc([N+](=O)[O-])c1. The van der Waals surface area contributed by atoms with Gasteiger partial charge in [0.1, 0.15) is 12.2 Å². The third-order valence-corrected chi connectivity index (χ3v) is 2.88. The molecule has 2 rings (SSSR count). The van der Waals surface area contributed by atoms with Gasteiger partial charge in [-0.25, -0.2) is 4.98 Å². The molecule has 0 radical (unpaired) electrons. The molecule has 0 saturated carbocycles. The highest BCUT2D eigenvalue weighted by Crippen LogP contribution is 2.16. The molecule has 0 aliphatic rings. The summed E-state index contributed by atoms with van der Waals surface area (Å²) in [5, 5.41) is 20.0. The largest absolute Gasteiger partial charge is 0.352 e. The number of nitrogens with one attached hydrogen (secondary N) is 2. The van der Waals surface area contributed by atoms with E-state index >= 15 is 0 Å². The number of non-ortho nitro benzene ring substituents is 1. The predicted molar refractivity (Wildman–Crippen MR) is 74.9 cm³/mol. The quantitative estimate of drug-likeness (QED) is 0.474. The Morgan fingerprint density at radius 2 is 2.24 bits per heavy atom. The fourth-order valence-electron chi connectivity index (χ4n) is 1.91. The second kappa shape index (κ2) is 6.60. The summed E-state index contributed by atoms with van der Waals surface area (Å²) in [5.41, 5.74) is 0.888. The minimum atomic E-state index is -0.506. The van der Waals surface area contributed by atoms with Crippen molar-refractivity contribution < 1.29 is 9.72 Å². The molecule has 1 heterocycles. The number of nitro groups is 1. The van der Waals surface area contributed by atoms with Crippen molar-refractivity contribution in [3.8, 4) is 0 Å². The third kappa shape index (κ3) is 4.10. The standard InChI is InChI=1S/C13H15N5O3/c1-9-5-10(7-11(6-9)18(20)21)13(19)14-4-2-3-12-15-8-16-17-12/h5-8H,2-4H2,1H3,(H,14,19)(H,15,16,17). The fourth-order valence-corrected chi connectivity index (χ4v) is 1.91. The summed E-state index contributed by atoms with van der Waals surface area (Å²) in [6.45, 7) is 2.18. The summed E-state index contributed by atoms with van der Waals surface area (Å²) in [7, 11) is 0. The highest BCUT2D eigenvalue weighted by molar-refractivity contribution is 5.95. The van der Waals surface area contributed by atoms with E-state index in [0.29, 0.717) is 30.5 Å². The van der Waals surface area contributed by atoms with Gasteiger partial charge in [-0.1, -0.05) is 0 Å². The van der Waals surface area contributed by atoms with Crippen LogP contribution in [0.15, 0.2) is 24.5 Å². The minimum absolute atomic E-state index is 0.0817. The summed E-state index contributed by atoms with van der Waals surface area (Å²) >= 11 is 0. The smallest absolute Gasteiger partial charge is 0.270 e. The van der Waals surface area contributed by atoms with E-state index in [-0.39, 0.29) is 11.6 Å². The van der Waals surface area contributed by atoms with Crippen LogP contribution in [0.2, 0.25) is 0 Å². The number of carbonyl (C=O) groups excluding carboxylic acids is 1. The van der Waals surface area contributed by atoms with Gasteiger partial charge in [0, 0.05) is 30.7 Å². The van der Waals surface area contributed by atoms with Gasteiger partial charge in [0.15, 0.2) is 0 Å². The second-order valence-electron chi connectivity index (χ2n) is 4.61. The number of nitrogens with zero attached hydrogens (tertiary/aromatic N) is 3. The van der Waals surface area contributed by atoms with Gasteiger partial charge in [-0.2, -0.15) is 5.10 Å². The monoisotopic (exact) mass is 289 g/mol. The molecule has 1 amide bonds. The zero-order valence-electron chi connectivity index (χ0n) is 11.5. The summed E-state index contributed by atoms with van der Waals surface area (Å²) in [6, 6.07) is 4.33. The number of aromatic nitrogens is 3. The Hall–Kier alpha value is -2.77. The van der Waals surface area contributed by atoms with Crippen LogP contribution in [-0.4, -0.2) is 32.6 Å². The first-order chi connectivity index (χ1) is 10.1. The molecule has 1 aromatic carbocycles. The van der Waals surface area contributed by atoms with Crippen molar-refractivity contribution in [1.29, 1.82) is 0 Å². The van der Waals surface area contributed by atoms with Gasteiger partial charge in [-0.15, -0.1) is 0 Å². The highest BCUT2D eigenvalue weighted by Gasteiger charge is 2.12. The van der Waals surface area contributed by atoms with Crippen molar-refractivity contribution in [2.24, 2.45) is 0 Å². The Labute approximate surface area is 120 Å². The first kappa shape index (κ1) is 14.6. The molecule has 0 bridgehead atoms. The molecule has 0 atom stereocenters. The van der Waals surface area contributed by atoms with Crippen LogP contribution in [0.5, 0.6) is 0 Å². The normalized spacial score (nSPS) is 10.3. The van der Waals surface area contributed by atoms with Crippen LogP contribution in [0.4, 0.5) is 5.69 Å². The molecule has 8 nitrogen and oxygen atoms in total. The Balaban J connectivity index is 1.89. The van der Waals surface area contributed by atoms with E-state index in [4.69, 9.17) is 0 Å². The zero-order chi connectivity index (χ0) is 15.2. The number of aryl methyl sites for hydroxylation is 2. The number of hydrogen-bond donors (Lipinski definition) is 2. The molecule has 0 fully saturated rings. The van der Waals surface area contributed by atoms with Crippen LogP contribution in [0, 0.1) is 17.0 Å². The van der Waals surface area contributed by atoms with E-state index in [9.17, 15) is 14.9 Å². The van der Waals surface area contributed by atoms with Gasteiger partial charge in [-0.3, -0.25) is 20.0 Å². The van der Waals surface area contributed by atoms with Gasteiger partial charge in [0.25, 0.3) is 11.6 Å². The number of aromatic amines is 1. The lowest BCUT2D eigenvalue weighted by atomic mass is 10.1.